The van der Waals surface area contributed by atoms with Crippen LogP contribution in [-0.4, -0.2) is 0 Å². The largest absolute Gasteiger partial charge is 0.207 e. The van der Waals surface area contributed by atoms with Crippen LogP contribution < -0.4 is 0 Å². The van der Waals surface area contributed by atoms with Crippen molar-refractivity contribution in [2.24, 2.45) is 0 Å². The van der Waals surface area contributed by atoms with E-state index in [0.717, 1.165) is 0 Å². The first-order valence-electron chi connectivity index (χ1n) is 4.46. The Morgan fingerprint density at radius 1 is 1.38 bits per heavy atom. The zero-order chi connectivity index (χ0) is 10.3. The summed E-state index contributed by atoms with van der Waals surface area (Å²) in [6.45, 7) is 5.86. The minimum absolute atomic E-state index is 0.230. The number of hydrogen-bond acceptors (Lipinski definition) is 1. The molecule has 0 fully saturated rings. The maximum atomic E-state index is 12.8. The van der Waals surface area contributed by atoms with Gasteiger partial charge < -0.3 is 0 Å². The lowest BCUT2D eigenvalue weighted by molar-refractivity contribution is 0.612. The second kappa shape index (κ2) is 6.19. The highest BCUT2D eigenvalue weighted by atomic mass is 19.1. The van der Waals surface area contributed by atoms with E-state index in [1.54, 1.807) is 6.07 Å². The molecule has 0 N–H and O–H groups in total. The molecule has 1 nitrogen and oxygen atoms in total. The SMILES string of the molecule is CC.CCc1cc(C#N)ccc1F. The second-order valence-corrected chi connectivity index (χ2v) is 2.27. The van der Waals surface area contributed by atoms with Crippen molar-refractivity contribution in [2.75, 3.05) is 0 Å². The summed E-state index contributed by atoms with van der Waals surface area (Å²) in [6.07, 6.45) is 0.626. The fourth-order valence-corrected chi connectivity index (χ4v) is 0.915. The molecule has 13 heavy (non-hydrogen) atoms. The summed E-state index contributed by atoms with van der Waals surface area (Å²) in [5.74, 6) is -0.230. The van der Waals surface area contributed by atoms with Gasteiger partial charge in [-0.2, -0.15) is 5.26 Å². The van der Waals surface area contributed by atoms with Crippen molar-refractivity contribution in [1.82, 2.24) is 0 Å². The van der Waals surface area contributed by atoms with Gasteiger partial charge in [0.05, 0.1) is 11.6 Å². The molecular formula is C11H14FN. The van der Waals surface area contributed by atoms with Gasteiger partial charge in [0, 0.05) is 0 Å². The first-order chi connectivity index (χ1) is 6.27. The maximum absolute atomic E-state index is 12.8. The molecule has 0 heterocycles. The molecule has 0 saturated heterocycles. The summed E-state index contributed by atoms with van der Waals surface area (Å²) in [7, 11) is 0. The van der Waals surface area contributed by atoms with E-state index in [4.69, 9.17) is 5.26 Å². The van der Waals surface area contributed by atoms with Crippen LogP contribution in [-0.2, 0) is 6.42 Å². The van der Waals surface area contributed by atoms with Crippen LogP contribution in [0.3, 0.4) is 0 Å². The van der Waals surface area contributed by atoms with Gasteiger partial charge in [-0.3, -0.25) is 0 Å². The quantitative estimate of drug-likeness (QED) is 0.649. The maximum Gasteiger partial charge on any atom is 0.126 e. The van der Waals surface area contributed by atoms with Gasteiger partial charge in [-0.1, -0.05) is 20.8 Å². The number of halogens is 1. The van der Waals surface area contributed by atoms with Gasteiger partial charge in [-0.25, -0.2) is 4.39 Å². The fourth-order valence-electron chi connectivity index (χ4n) is 0.915. The highest BCUT2D eigenvalue weighted by molar-refractivity contribution is 5.33. The number of benzene rings is 1. The minimum Gasteiger partial charge on any atom is -0.207 e. The Kier molecular flexibility index (Phi) is 5.54. The fraction of sp³-hybridized carbons (Fsp3) is 0.364. The van der Waals surface area contributed by atoms with Crippen LogP contribution in [0, 0.1) is 17.1 Å². The van der Waals surface area contributed by atoms with Crippen LogP contribution >= 0.6 is 0 Å². The molecule has 1 aromatic rings. The Morgan fingerprint density at radius 2 is 2.00 bits per heavy atom. The lowest BCUT2D eigenvalue weighted by Gasteiger charge is -1.97. The van der Waals surface area contributed by atoms with E-state index < -0.39 is 0 Å². The number of aryl methyl sites for hydroxylation is 1. The molecule has 0 spiro atoms. The smallest absolute Gasteiger partial charge is 0.126 e. The standard InChI is InChI=1S/C9H8FN.C2H6/c1-2-8-5-7(6-11)3-4-9(8)10;1-2/h3-5H,2H2,1H3;1-2H3. The van der Waals surface area contributed by atoms with Crippen molar-refractivity contribution in [3.63, 3.8) is 0 Å². The van der Waals surface area contributed by atoms with E-state index in [-0.39, 0.29) is 5.82 Å². The molecule has 0 unspecified atom stereocenters. The normalized spacial score (nSPS) is 8.23. The van der Waals surface area contributed by atoms with E-state index >= 15 is 0 Å². The summed E-state index contributed by atoms with van der Waals surface area (Å²) in [6, 6.07) is 6.35. The summed E-state index contributed by atoms with van der Waals surface area (Å²) in [4.78, 5) is 0. The first kappa shape index (κ1) is 11.6. The Morgan fingerprint density at radius 3 is 2.46 bits per heavy atom. The molecular weight excluding hydrogens is 165 g/mol. The topological polar surface area (TPSA) is 23.8 Å². The van der Waals surface area contributed by atoms with Crippen LogP contribution in [0.4, 0.5) is 4.39 Å². The van der Waals surface area contributed by atoms with Crippen molar-refractivity contribution in [2.45, 2.75) is 27.2 Å². The number of hydrogen-bond donors (Lipinski definition) is 0. The van der Waals surface area contributed by atoms with Gasteiger partial charge in [0.2, 0.25) is 0 Å². The third-order valence-electron chi connectivity index (χ3n) is 1.56. The van der Waals surface area contributed by atoms with Crippen LogP contribution in [0.5, 0.6) is 0 Å². The number of rotatable bonds is 1. The van der Waals surface area contributed by atoms with Crippen molar-refractivity contribution >= 4 is 0 Å². The lowest BCUT2D eigenvalue weighted by atomic mass is 10.1. The van der Waals surface area contributed by atoms with Crippen LogP contribution in [0.2, 0.25) is 0 Å². The molecule has 1 rings (SSSR count). The lowest BCUT2D eigenvalue weighted by Crippen LogP contribution is -1.87. The van der Waals surface area contributed by atoms with E-state index in [2.05, 4.69) is 0 Å². The zero-order valence-corrected chi connectivity index (χ0v) is 8.26. The van der Waals surface area contributed by atoms with Crippen molar-refractivity contribution < 1.29 is 4.39 Å². The molecule has 0 aliphatic rings. The number of nitrogens with zero attached hydrogens (tertiary/aromatic N) is 1. The van der Waals surface area contributed by atoms with Crippen molar-refractivity contribution in [3.8, 4) is 6.07 Å². The molecule has 0 aliphatic carbocycles. The molecule has 1 aromatic carbocycles. The Bertz CT molecular complexity index is 299. The molecule has 0 bridgehead atoms. The van der Waals surface area contributed by atoms with Gasteiger partial charge in [0.15, 0.2) is 0 Å². The molecule has 0 aromatic heterocycles. The Balaban J connectivity index is 0.000000671. The van der Waals surface area contributed by atoms with Crippen LogP contribution in [0.25, 0.3) is 0 Å². The van der Waals surface area contributed by atoms with Crippen molar-refractivity contribution in [3.05, 3.63) is 35.1 Å². The zero-order valence-electron chi connectivity index (χ0n) is 8.26. The Labute approximate surface area is 78.8 Å². The molecule has 0 saturated carbocycles. The highest BCUT2D eigenvalue weighted by Gasteiger charge is 1.99. The summed E-state index contributed by atoms with van der Waals surface area (Å²) >= 11 is 0. The molecule has 2 heteroatoms. The van der Waals surface area contributed by atoms with E-state index in [9.17, 15) is 4.39 Å². The average Bonchev–Trinajstić information content (AvgIpc) is 2.22. The minimum atomic E-state index is -0.230. The van der Waals surface area contributed by atoms with Gasteiger partial charge in [0.25, 0.3) is 0 Å². The molecule has 0 atom stereocenters. The molecule has 0 aliphatic heterocycles. The predicted molar refractivity (Wildman–Crippen MR) is 51.8 cm³/mol. The summed E-state index contributed by atoms with van der Waals surface area (Å²) in [5.41, 5.74) is 1.12. The second-order valence-electron chi connectivity index (χ2n) is 2.27. The average molecular weight is 179 g/mol. The van der Waals surface area contributed by atoms with E-state index in [0.29, 0.717) is 17.5 Å². The summed E-state index contributed by atoms with van der Waals surface area (Å²) < 4.78 is 12.8. The summed E-state index contributed by atoms with van der Waals surface area (Å²) in [5, 5.41) is 8.48. The Hall–Kier alpha value is -1.36. The molecule has 0 amide bonds. The van der Waals surface area contributed by atoms with E-state index in [1.807, 2.05) is 26.8 Å². The van der Waals surface area contributed by atoms with Gasteiger partial charge in [0.1, 0.15) is 5.82 Å². The van der Waals surface area contributed by atoms with Gasteiger partial charge >= 0.3 is 0 Å². The van der Waals surface area contributed by atoms with Gasteiger partial charge in [-0.15, -0.1) is 0 Å². The molecule has 0 radical (unpaired) electrons. The third-order valence-corrected chi connectivity index (χ3v) is 1.56. The van der Waals surface area contributed by atoms with E-state index in [1.165, 1.54) is 12.1 Å². The molecule has 70 valence electrons. The van der Waals surface area contributed by atoms with Gasteiger partial charge in [-0.05, 0) is 30.2 Å². The highest BCUT2D eigenvalue weighted by Crippen LogP contribution is 2.09. The monoisotopic (exact) mass is 179 g/mol. The van der Waals surface area contributed by atoms with Crippen molar-refractivity contribution in [1.29, 1.82) is 5.26 Å². The predicted octanol–water partition coefficient (Wildman–Crippen LogP) is 3.29. The van der Waals surface area contributed by atoms with Crippen LogP contribution in [0.15, 0.2) is 18.2 Å². The first-order valence-corrected chi connectivity index (χ1v) is 4.46. The number of nitriles is 1. The third kappa shape index (κ3) is 3.25. The van der Waals surface area contributed by atoms with Crippen LogP contribution in [0.1, 0.15) is 31.9 Å².